The van der Waals surface area contributed by atoms with Crippen molar-refractivity contribution in [3.05, 3.63) is 28.2 Å². The molecule has 0 spiro atoms. The summed E-state index contributed by atoms with van der Waals surface area (Å²) in [6.07, 6.45) is 0.461. The number of rotatable bonds is 5. The largest absolute Gasteiger partial charge is 0.481 e. The molecule has 0 aliphatic carbocycles. The van der Waals surface area contributed by atoms with Crippen molar-refractivity contribution in [2.45, 2.75) is 12.8 Å². The van der Waals surface area contributed by atoms with Crippen LogP contribution in [0.3, 0.4) is 0 Å². The second-order valence-electron chi connectivity index (χ2n) is 3.49. The summed E-state index contributed by atoms with van der Waals surface area (Å²) in [5.41, 5.74) is 6.65. The van der Waals surface area contributed by atoms with E-state index in [1.807, 2.05) is 0 Å². The Labute approximate surface area is 107 Å². The van der Waals surface area contributed by atoms with Crippen LogP contribution in [0.5, 0.6) is 0 Å². The zero-order chi connectivity index (χ0) is 12.8. The molecule has 4 N–H and O–H groups in total. The van der Waals surface area contributed by atoms with Crippen molar-refractivity contribution in [3.8, 4) is 0 Å². The molecule has 92 valence electrons. The Bertz CT molecular complexity index is 435. The van der Waals surface area contributed by atoms with Gasteiger partial charge in [-0.2, -0.15) is 0 Å². The van der Waals surface area contributed by atoms with Crippen LogP contribution in [0.2, 0.25) is 0 Å². The minimum atomic E-state index is -0.866. The lowest BCUT2D eigenvalue weighted by Crippen LogP contribution is -2.24. The third-order valence-corrected chi connectivity index (χ3v) is 2.80. The Morgan fingerprint density at radius 3 is 2.71 bits per heavy atom. The van der Waals surface area contributed by atoms with Crippen molar-refractivity contribution in [2.24, 2.45) is 0 Å². The molecule has 0 aromatic heterocycles. The molecule has 0 heterocycles. The summed E-state index contributed by atoms with van der Waals surface area (Å²) in [6, 6.07) is 4.88. The first-order valence-corrected chi connectivity index (χ1v) is 5.85. The Hall–Kier alpha value is -1.56. The summed E-state index contributed by atoms with van der Waals surface area (Å²) in [4.78, 5) is 21.9. The van der Waals surface area contributed by atoms with Gasteiger partial charge in [0, 0.05) is 28.7 Å². The molecule has 0 aliphatic rings. The molecule has 6 heteroatoms. The van der Waals surface area contributed by atoms with E-state index in [0.717, 1.165) is 0 Å². The monoisotopic (exact) mass is 300 g/mol. The van der Waals surface area contributed by atoms with Gasteiger partial charge in [-0.05, 0) is 40.5 Å². The minimum Gasteiger partial charge on any atom is -0.481 e. The van der Waals surface area contributed by atoms with Gasteiger partial charge in [-0.1, -0.05) is 0 Å². The molecule has 0 saturated carbocycles. The van der Waals surface area contributed by atoms with E-state index >= 15 is 0 Å². The van der Waals surface area contributed by atoms with Crippen LogP contribution in [-0.2, 0) is 4.79 Å². The molecule has 1 aromatic rings. The molecular weight excluding hydrogens is 288 g/mol. The quantitative estimate of drug-likeness (QED) is 0.569. The predicted octanol–water partition coefficient (Wildman–Crippen LogP) is 1.63. The standard InChI is InChI=1S/C11H13BrN2O3/c12-8-6-7(3-4-9(8)13)11(17)14-5-1-2-10(15)16/h3-4,6H,1-2,5,13H2,(H,14,17)(H,15,16). The third-order valence-electron chi connectivity index (χ3n) is 2.12. The van der Waals surface area contributed by atoms with Crippen LogP contribution in [-0.4, -0.2) is 23.5 Å². The number of nitrogens with one attached hydrogen (secondary N) is 1. The number of amides is 1. The molecule has 1 aromatic carbocycles. The zero-order valence-electron chi connectivity index (χ0n) is 9.07. The highest BCUT2D eigenvalue weighted by atomic mass is 79.9. The van der Waals surface area contributed by atoms with E-state index in [9.17, 15) is 9.59 Å². The van der Waals surface area contributed by atoms with Crippen LogP contribution in [0.1, 0.15) is 23.2 Å². The zero-order valence-corrected chi connectivity index (χ0v) is 10.7. The number of carbonyl (C=O) groups is 2. The topological polar surface area (TPSA) is 92.4 Å². The van der Waals surface area contributed by atoms with Crippen LogP contribution in [0.4, 0.5) is 5.69 Å². The molecule has 17 heavy (non-hydrogen) atoms. The van der Waals surface area contributed by atoms with Crippen molar-refractivity contribution in [3.63, 3.8) is 0 Å². The van der Waals surface area contributed by atoms with Gasteiger partial charge in [-0.3, -0.25) is 9.59 Å². The van der Waals surface area contributed by atoms with E-state index in [-0.39, 0.29) is 12.3 Å². The van der Waals surface area contributed by atoms with Crippen molar-refractivity contribution in [2.75, 3.05) is 12.3 Å². The molecule has 0 atom stereocenters. The summed E-state index contributed by atoms with van der Waals surface area (Å²) in [5, 5.41) is 11.1. The number of hydrogen-bond acceptors (Lipinski definition) is 3. The van der Waals surface area contributed by atoms with E-state index < -0.39 is 5.97 Å². The number of halogens is 1. The van der Waals surface area contributed by atoms with Crippen LogP contribution in [0.15, 0.2) is 22.7 Å². The Morgan fingerprint density at radius 2 is 2.12 bits per heavy atom. The van der Waals surface area contributed by atoms with Gasteiger partial charge in [-0.15, -0.1) is 0 Å². The Kier molecular flexibility index (Phi) is 4.96. The number of nitrogens with two attached hydrogens (primary N) is 1. The lowest BCUT2D eigenvalue weighted by molar-refractivity contribution is -0.137. The molecule has 1 amide bonds. The van der Waals surface area contributed by atoms with Crippen molar-refractivity contribution in [1.29, 1.82) is 0 Å². The average molecular weight is 301 g/mol. The number of benzene rings is 1. The fraction of sp³-hybridized carbons (Fsp3) is 0.273. The van der Waals surface area contributed by atoms with Crippen LogP contribution in [0, 0.1) is 0 Å². The molecule has 0 radical (unpaired) electrons. The Balaban J connectivity index is 2.47. The fourth-order valence-electron chi connectivity index (χ4n) is 1.21. The van der Waals surface area contributed by atoms with E-state index in [4.69, 9.17) is 10.8 Å². The maximum Gasteiger partial charge on any atom is 0.303 e. The van der Waals surface area contributed by atoms with Crippen molar-refractivity contribution in [1.82, 2.24) is 5.32 Å². The van der Waals surface area contributed by atoms with E-state index in [0.29, 0.717) is 28.7 Å². The molecule has 5 nitrogen and oxygen atoms in total. The number of aliphatic carboxylic acids is 1. The molecule has 0 fully saturated rings. The van der Waals surface area contributed by atoms with Gasteiger partial charge in [0.15, 0.2) is 0 Å². The van der Waals surface area contributed by atoms with E-state index in [1.54, 1.807) is 18.2 Å². The van der Waals surface area contributed by atoms with Gasteiger partial charge >= 0.3 is 5.97 Å². The molecule has 0 aliphatic heterocycles. The highest BCUT2D eigenvalue weighted by Crippen LogP contribution is 2.20. The summed E-state index contributed by atoms with van der Waals surface area (Å²) in [5.74, 6) is -1.11. The highest BCUT2D eigenvalue weighted by Gasteiger charge is 2.07. The minimum absolute atomic E-state index is 0.0473. The predicted molar refractivity (Wildman–Crippen MR) is 67.8 cm³/mol. The number of carbonyl (C=O) groups excluding carboxylic acids is 1. The molecule has 1 rings (SSSR count). The maximum atomic E-state index is 11.6. The number of carboxylic acids is 1. The third kappa shape index (κ3) is 4.44. The lowest BCUT2D eigenvalue weighted by atomic mass is 10.2. The van der Waals surface area contributed by atoms with Gasteiger partial charge < -0.3 is 16.2 Å². The fourth-order valence-corrected chi connectivity index (χ4v) is 1.59. The number of carboxylic acid groups (broad SMARTS) is 1. The summed E-state index contributed by atoms with van der Waals surface area (Å²) >= 11 is 3.23. The van der Waals surface area contributed by atoms with Crippen LogP contribution < -0.4 is 11.1 Å². The summed E-state index contributed by atoms with van der Waals surface area (Å²) in [7, 11) is 0. The molecular formula is C11H13BrN2O3. The second kappa shape index (κ2) is 6.24. The van der Waals surface area contributed by atoms with Gasteiger partial charge in [0.05, 0.1) is 0 Å². The SMILES string of the molecule is Nc1ccc(C(=O)NCCCC(=O)O)cc1Br. The van der Waals surface area contributed by atoms with Crippen LogP contribution >= 0.6 is 15.9 Å². The molecule has 0 saturated heterocycles. The second-order valence-corrected chi connectivity index (χ2v) is 4.34. The van der Waals surface area contributed by atoms with E-state index in [2.05, 4.69) is 21.2 Å². The van der Waals surface area contributed by atoms with Crippen molar-refractivity contribution >= 4 is 33.5 Å². The normalized spacial score (nSPS) is 9.94. The van der Waals surface area contributed by atoms with Gasteiger partial charge in [-0.25, -0.2) is 0 Å². The number of hydrogen-bond donors (Lipinski definition) is 3. The number of nitrogen functional groups attached to an aromatic ring is 1. The summed E-state index contributed by atoms with van der Waals surface area (Å²) in [6.45, 7) is 0.340. The molecule has 0 unspecified atom stereocenters. The summed E-state index contributed by atoms with van der Waals surface area (Å²) < 4.78 is 0.663. The maximum absolute atomic E-state index is 11.6. The van der Waals surface area contributed by atoms with Gasteiger partial charge in [0.1, 0.15) is 0 Å². The first kappa shape index (κ1) is 13.5. The van der Waals surface area contributed by atoms with Crippen molar-refractivity contribution < 1.29 is 14.7 Å². The highest BCUT2D eigenvalue weighted by molar-refractivity contribution is 9.10. The van der Waals surface area contributed by atoms with E-state index in [1.165, 1.54) is 0 Å². The first-order chi connectivity index (χ1) is 8.00. The Morgan fingerprint density at radius 1 is 1.41 bits per heavy atom. The first-order valence-electron chi connectivity index (χ1n) is 5.05. The smallest absolute Gasteiger partial charge is 0.303 e. The number of anilines is 1. The lowest BCUT2D eigenvalue weighted by Gasteiger charge is -2.05. The van der Waals surface area contributed by atoms with Gasteiger partial charge in [0.25, 0.3) is 5.91 Å². The molecule has 0 bridgehead atoms. The van der Waals surface area contributed by atoms with Gasteiger partial charge in [0.2, 0.25) is 0 Å². The average Bonchev–Trinajstić information content (AvgIpc) is 2.27. The van der Waals surface area contributed by atoms with Crippen LogP contribution in [0.25, 0.3) is 0 Å².